The minimum Gasteiger partial charge on any atom is -0.480 e. The number of hydrogen-bond donors (Lipinski definition) is 2. The van der Waals surface area contributed by atoms with Gasteiger partial charge in [-0.05, 0) is 19.1 Å². The van der Waals surface area contributed by atoms with Crippen LogP contribution in [-0.2, 0) is 16.1 Å². The summed E-state index contributed by atoms with van der Waals surface area (Å²) in [5.41, 5.74) is 0. The van der Waals surface area contributed by atoms with E-state index < -0.39 is 31.1 Å². The molecule has 0 saturated carbocycles. The standard InChI is InChI=1S/C12H16N2O6/c1-8-3-4-9(20-8)5-13(2)12(19)14(6-10(15)16)7-11(17)18/h3-4H,5-7H2,1-2H3,(H,15,16)(H,17,18). The number of carboxylic acids is 2. The zero-order chi connectivity index (χ0) is 15.3. The van der Waals surface area contributed by atoms with Gasteiger partial charge in [0.1, 0.15) is 24.6 Å². The Balaban J connectivity index is 2.71. The van der Waals surface area contributed by atoms with Crippen molar-refractivity contribution in [3.63, 3.8) is 0 Å². The second kappa shape index (κ2) is 6.60. The number of carbonyl (C=O) groups excluding carboxylic acids is 1. The molecule has 1 heterocycles. The summed E-state index contributed by atoms with van der Waals surface area (Å²) in [4.78, 5) is 35.3. The van der Waals surface area contributed by atoms with Gasteiger partial charge in [0.25, 0.3) is 0 Å². The number of aliphatic carboxylic acids is 2. The van der Waals surface area contributed by atoms with Crippen LogP contribution >= 0.6 is 0 Å². The zero-order valence-electron chi connectivity index (χ0n) is 11.2. The van der Waals surface area contributed by atoms with Crippen LogP contribution in [-0.4, -0.2) is 58.1 Å². The monoisotopic (exact) mass is 284 g/mol. The molecule has 0 saturated heterocycles. The number of rotatable bonds is 6. The summed E-state index contributed by atoms with van der Waals surface area (Å²) < 4.78 is 5.30. The summed E-state index contributed by atoms with van der Waals surface area (Å²) in [6.45, 7) is 0.536. The highest BCUT2D eigenvalue weighted by molar-refractivity contribution is 5.83. The molecule has 110 valence electrons. The number of carbonyl (C=O) groups is 3. The largest absolute Gasteiger partial charge is 0.480 e. The number of furan rings is 1. The van der Waals surface area contributed by atoms with E-state index in [4.69, 9.17) is 14.6 Å². The Labute approximate surface area is 115 Å². The second-order valence-corrected chi connectivity index (χ2v) is 4.29. The van der Waals surface area contributed by atoms with Gasteiger partial charge in [0.05, 0.1) is 6.54 Å². The summed E-state index contributed by atoms with van der Waals surface area (Å²) >= 11 is 0. The van der Waals surface area contributed by atoms with Crippen LogP contribution in [0.4, 0.5) is 4.79 Å². The van der Waals surface area contributed by atoms with Gasteiger partial charge in [-0.15, -0.1) is 0 Å². The zero-order valence-corrected chi connectivity index (χ0v) is 11.2. The maximum absolute atomic E-state index is 12.0. The molecule has 1 rings (SSSR count). The molecule has 8 heteroatoms. The van der Waals surface area contributed by atoms with Crippen LogP contribution in [0.15, 0.2) is 16.5 Å². The number of amides is 2. The predicted octanol–water partition coefficient (Wildman–Crippen LogP) is 0.611. The number of urea groups is 1. The third-order valence-electron chi connectivity index (χ3n) is 2.44. The minimum atomic E-state index is -1.28. The van der Waals surface area contributed by atoms with E-state index in [-0.39, 0.29) is 6.54 Å². The summed E-state index contributed by atoms with van der Waals surface area (Å²) in [6, 6.07) is 2.74. The lowest BCUT2D eigenvalue weighted by Gasteiger charge is -2.25. The number of carboxylic acid groups (broad SMARTS) is 2. The molecule has 0 radical (unpaired) electrons. The van der Waals surface area contributed by atoms with E-state index in [1.807, 2.05) is 0 Å². The number of aryl methyl sites for hydroxylation is 1. The van der Waals surface area contributed by atoms with E-state index in [1.165, 1.54) is 11.9 Å². The highest BCUT2D eigenvalue weighted by Gasteiger charge is 2.23. The molecule has 2 N–H and O–H groups in total. The molecule has 0 atom stereocenters. The third-order valence-corrected chi connectivity index (χ3v) is 2.44. The molecule has 1 aromatic heterocycles. The molecule has 0 aromatic carbocycles. The molecule has 0 aliphatic rings. The Hall–Kier alpha value is -2.51. The molecular weight excluding hydrogens is 268 g/mol. The fraction of sp³-hybridized carbons (Fsp3) is 0.417. The van der Waals surface area contributed by atoms with Crippen molar-refractivity contribution >= 4 is 18.0 Å². The smallest absolute Gasteiger partial charge is 0.323 e. The first-order chi connectivity index (χ1) is 9.29. The summed E-state index contributed by atoms with van der Waals surface area (Å²) in [5, 5.41) is 17.4. The molecular formula is C12H16N2O6. The SMILES string of the molecule is Cc1ccc(CN(C)C(=O)N(CC(=O)O)CC(=O)O)o1. The molecule has 20 heavy (non-hydrogen) atoms. The van der Waals surface area contributed by atoms with E-state index in [1.54, 1.807) is 19.1 Å². The van der Waals surface area contributed by atoms with Crippen LogP contribution in [0.5, 0.6) is 0 Å². The summed E-state index contributed by atoms with van der Waals surface area (Å²) in [5.74, 6) is -1.33. The van der Waals surface area contributed by atoms with Crippen molar-refractivity contribution in [2.45, 2.75) is 13.5 Å². The van der Waals surface area contributed by atoms with E-state index in [2.05, 4.69) is 0 Å². The average molecular weight is 284 g/mol. The first-order valence-electron chi connectivity index (χ1n) is 5.78. The van der Waals surface area contributed by atoms with Gasteiger partial charge in [-0.2, -0.15) is 0 Å². The first kappa shape index (κ1) is 15.5. The van der Waals surface area contributed by atoms with Crippen molar-refractivity contribution in [1.29, 1.82) is 0 Å². The van der Waals surface area contributed by atoms with Gasteiger partial charge in [-0.25, -0.2) is 4.79 Å². The van der Waals surface area contributed by atoms with Gasteiger partial charge in [-0.1, -0.05) is 0 Å². The molecule has 0 spiro atoms. The van der Waals surface area contributed by atoms with Gasteiger partial charge >= 0.3 is 18.0 Å². The predicted molar refractivity (Wildman–Crippen MR) is 67.2 cm³/mol. The second-order valence-electron chi connectivity index (χ2n) is 4.29. The molecule has 0 bridgehead atoms. The summed E-state index contributed by atoms with van der Waals surface area (Å²) in [6.07, 6.45) is 0. The van der Waals surface area contributed by atoms with Crippen molar-refractivity contribution in [2.24, 2.45) is 0 Å². The molecule has 2 amide bonds. The normalized spacial score (nSPS) is 10.1. The maximum atomic E-state index is 12.0. The van der Waals surface area contributed by atoms with Crippen LogP contribution in [0.25, 0.3) is 0 Å². The Bertz CT molecular complexity index is 494. The Morgan fingerprint density at radius 2 is 1.70 bits per heavy atom. The highest BCUT2D eigenvalue weighted by Crippen LogP contribution is 2.10. The molecule has 8 nitrogen and oxygen atoms in total. The molecule has 0 unspecified atom stereocenters. The quantitative estimate of drug-likeness (QED) is 0.791. The van der Waals surface area contributed by atoms with Gasteiger partial charge in [0, 0.05) is 7.05 Å². The Morgan fingerprint density at radius 1 is 1.15 bits per heavy atom. The van der Waals surface area contributed by atoms with Crippen molar-refractivity contribution in [3.05, 3.63) is 23.7 Å². The third kappa shape index (κ3) is 4.63. The lowest BCUT2D eigenvalue weighted by molar-refractivity contribution is -0.140. The van der Waals surface area contributed by atoms with E-state index in [0.717, 1.165) is 4.90 Å². The van der Waals surface area contributed by atoms with Gasteiger partial charge in [0.2, 0.25) is 0 Å². The van der Waals surface area contributed by atoms with Crippen LogP contribution < -0.4 is 0 Å². The molecule has 0 aliphatic heterocycles. The number of hydrogen-bond acceptors (Lipinski definition) is 4. The van der Waals surface area contributed by atoms with Crippen molar-refractivity contribution in [2.75, 3.05) is 20.1 Å². The van der Waals surface area contributed by atoms with Crippen LogP contribution in [0, 0.1) is 6.92 Å². The van der Waals surface area contributed by atoms with Gasteiger partial charge in [-0.3, -0.25) is 9.59 Å². The molecule has 0 aliphatic carbocycles. The minimum absolute atomic E-state index is 0.127. The van der Waals surface area contributed by atoms with Crippen molar-refractivity contribution in [1.82, 2.24) is 9.80 Å². The fourth-order valence-corrected chi connectivity index (χ4v) is 1.63. The average Bonchev–Trinajstić information content (AvgIpc) is 2.71. The van der Waals surface area contributed by atoms with E-state index >= 15 is 0 Å². The lowest BCUT2D eigenvalue weighted by atomic mass is 10.4. The molecule has 1 aromatic rings. The number of nitrogens with zero attached hydrogens (tertiary/aromatic N) is 2. The highest BCUT2D eigenvalue weighted by atomic mass is 16.4. The summed E-state index contributed by atoms with van der Waals surface area (Å²) in [7, 11) is 1.44. The van der Waals surface area contributed by atoms with Crippen LogP contribution in [0.1, 0.15) is 11.5 Å². The van der Waals surface area contributed by atoms with Crippen molar-refractivity contribution in [3.8, 4) is 0 Å². The first-order valence-corrected chi connectivity index (χ1v) is 5.78. The van der Waals surface area contributed by atoms with E-state index in [0.29, 0.717) is 11.5 Å². The van der Waals surface area contributed by atoms with Gasteiger partial charge in [0.15, 0.2) is 0 Å². The van der Waals surface area contributed by atoms with Gasteiger partial charge < -0.3 is 24.4 Å². The van der Waals surface area contributed by atoms with E-state index in [9.17, 15) is 14.4 Å². The fourth-order valence-electron chi connectivity index (χ4n) is 1.63. The Kier molecular flexibility index (Phi) is 5.13. The topological polar surface area (TPSA) is 111 Å². The maximum Gasteiger partial charge on any atom is 0.323 e. The lowest BCUT2D eigenvalue weighted by Crippen LogP contribution is -2.45. The van der Waals surface area contributed by atoms with Crippen LogP contribution in [0.2, 0.25) is 0 Å². The Morgan fingerprint density at radius 3 is 2.10 bits per heavy atom. The van der Waals surface area contributed by atoms with Crippen LogP contribution in [0.3, 0.4) is 0 Å². The molecule has 0 fully saturated rings. The van der Waals surface area contributed by atoms with Crippen molar-refractivity contribution < 1.29 is 29.0 Å².